The summed E-state index contributed by atoms with van der Waals surface area (Å²) in [5, 5.41) is 8.31. The SMILES string of the molecule is CCCCCCCOc1ccc(NC(=S)NC(=O)Cc2cccc3ccccc23)cc1. The van der Waals surface area contributed by atoms with E-state index >= 15 is 0 Å². The lowest BCUT2D eigenvalue weighted by atomic mass is 10.0. The Bertz CT molecular complexity index is 996. The Hall–Kier alpha value is -2.92. The number of nitrogens with one attached hydrogen (secondary N) is 2. The number of hydrogen-bond acceptors (Lipinski definition) is 3. The molecule has 5 heteroatoms. The highest BCUT2D eigenvalue weighted by molar-refractivity contribution is 7.80. The minimum atomic E-state index is -0.142. The van der Waals surface area contributed by atoms with Crippen LogP contribution < -0.4 is 15.4 Å². The minimum Gasteiger partial charge on any atom is -0.494 e. The second kappa shape index (κ2) is 12.1. The number of hydrogen-bond donors (Lipinski definition) is 2. The summed E-state index contributed by atoms with van der Waals surface area (Å²) in [4.78, 5) is 12.5. The van der Waals surface area contributed by atoms with Crippen LogP contribution in [0, 0.1) is 0 Å². The first-order valence-electron chi connectivity index (χ1n) is 11.0. The highest BCUT2D eigenvalue weighted by Gasteiger charge is 2.09. The number of amides is 1. The van der Waals surface area contributed by atoms with E-state index < -0.39 is 0 Å². The Kier molecular flexibility index (Phi) is 8.85. The Morgan fingerprint density at radius 1 is 0.903 bits per heavy atom. The summed E-state index contributed by atoms with van der Waals surface area (Å²) in [5.41, 5.74) is 1.79. The molecule has 0 aliphatic heterocycles. The highest BCUT2D eigenvalue weighted by atomic mass is 32.1. The molecule has 0 saturated carbocycles. The Labute approximate surface area is 190 Å². The molecule has 31 heavy (non-hydrogen) atoms. The number of fused-ring (bicyclic) bond motifs is 1. The average Bonchev–Trinajstić information content (AvgIpc) is 2.77. The van der Waals surface area contributed by atoms with Gasteiger partial charge < -0.3 is 15.4 Å². The normalized spacial score (nSPS) is 10.6. The van der Waals surface area contributed by atoms with E-state index in [-0.39, 0.29) is 17.4 Å². The quantitative estimate of drug-likeness (QED) is 0.293. The lowest BCUT2D eigenvalue weighted by molar-refractivity contribution is -0.119. The van der Waals surface area contributed by atoms with Gasteiger partial charge in [-0.15, -0.1) is 0 Å². The first-order chi connectivity index (χ1) is 15.2. The van der Waals surface area contributed by atoms with Crippen molar-refractivity contribution in [1.82, 2.24) is 5.32 Å². The fourth-order valence-electron chi connectivity index (χ4n) is 3.48. The maximum atomic E-state index is 12.5. The molecule has 0 bridgehead atoms. The number of benzene rings is 3. The molecular formula is C26H30N2O2S. The van der Waals surface area contributed by atoms with Gasteiger partial charge in [-0.3, -0.25) is 4.79 Å². The van der Waals surface area contributed by atoms with Gasteiger partial charge in [-0.2, -0.15) is 0 Å². The number of ether oxygens (including phenoxy) is 1. The fourth-order valence-corrected chi connectivity index (χ4v) is 3.71. The van der Waals surface area contributed by atoms with E-state index in [2.05, 4.69) is 17.6 Å². The van der Waals surface area contributed by atoms with Gasteiger partial charge in [0.2, 0.25) is 5.91 Å². The first kappa shape index (κ1) is 22.8. The van der Waals surface area contributed by atoms with Crippen LogP contribution in [0.1, 0.15) is 44.6 Å². The molecule has 4 nitrogen and oxygen atoms in total. The van der Waals surface area contributed by atoms with Crippen molar-refractivity contribution < 1.29 is 9.53 Å². The standard InChI is InChI=1S/C26H30N2O2S/c1-2-3-4-5-8-18-30-23-16-14-22(15-17-23)27-26(31)28-25(29)19-21-12-9-11-20-10-6-7-13-24(20)21/h6-7,9-17H,2-5,8,18-19H2,1H3,(H2,27,28,29,31). The van der Waals surface area contributed by atoms with Crippen LogP contribution in [0.5, 0.6) is 5.75 Å². The predicted molar refractivity (Wildman–Crippen MR) is 133 cm³/mol. The van der Waals surface area contributed by atoms with E-state index in [1.807, 2.05) is 66.7 Å². The van der Waals surface area contributed by atoms with E-state index in [0.29, 0.717) is 0 Å². The van der Waals surface area contributed by atoms with Crippen LogP contribution >= 0.6 is 12.2 Å². The van der Waals surface area contributed by atoms with Crippen LogP contribution in [0.2, 0.25) is 0 Å². The molecule has 0 atom stereocenters. The zero-order valence-corrected chi connectivity index (χ0v) is 18.8. The first-order valence-corrected chi connectivity index (χ1v) is 11.4. The lowest BCUT2D eigenvalue weighted by Gasteiger charge is -2.11. The third-order valence-electron chi connectivity index (χ3n) is 5.11. The number of anilines is 1. The maximum Gasteiger partial charge on any atom is 0.230 e. The van der Waals surface area contributed by atoms with Gasteiger partial charge in [0, 0.05) is 5.69 Å². The van der Waals surface area contributed by atoms with Crippen LogP contribution in [-0.4, -0.2) is 17.6 Å². The van der Waals surface area contributed by atoms with E-state index in [4.69, 9.17) is 17.0 Å². The number of thiocarbonyl (C=S) groups is 1. The third kappa shape index (κ3) is 7.37. The fraction of sp³-hybridized carbons (Fsp3) is 0.308. The van der Waals surface area contributed by atoms with Crippen LogP contribution in [0.4, 0.5) is 5.69 Å². The third-order valence-corrected chi connectivity index (χ3v) is 5.32. The molecular weight excluding hydrogens is 404 g/mol. The van der Waals surface area contributed by atoms with Crippen molar-refractivity contribution in [2.45, 2.75) is 45.4 Å². The van der Waals surface area contributed by atoms with Crippen LogP contribution in [0.3, 0.4) is 0 Å². The highest BCUT2D eigenvalue weighted by Crippen LogP contribution is 2.19. The van der Waals surface area contributed by atoms with Crippen molar-refractivity contribution in [3.05, 3.63) is 72.3 Å². The van der Waals surface area contributed by atoms with Gasteiger partial charge in [-0.05, 0) is 59.2 Å². The molecule has 0 spiro atoms. The zero-order valence-electron chi connectivity index (χ0n) is 18.0. The Morgan fingerprint density at radius 2 is 1.65 bits per heavy atom. The molecule has 162 valence electrons. The largest absolute Gasteiger partial charge is 0.494 e. The number of unbranched alkanes of at least 4 members (excludes halogenated alkanes) is 4. The Morgan fingerprint density at radius 3 is 2.45 bits per heavy atom. The molecule has 0 aromatic heterocycles. The average molecular weight is 435 g/mol. The predicted octanol–water partition coefficient (Wildman–Crippen LogP) is 6.24. The molecule has 3 rings (SSSR count). The lowest BCUT2D eigenvalue weighted by Crippen LogP contribution is -2.35. The van der Waals surface area contributed by atoms with Gasteiger partial charge in [-0.1, -0.05) is 75.1 Å². The van der Waals surface area contributed by atoms with Gasteiger partial charge in [0.1, 0.15) is 5.75 Å². The molecule has 0 heterocycles. The summed E-state index contributed by atoms with van der Waals surface area (Å²) < 4.78 is 5.78. The van der Waals surface area contributed by atoms with Crippen molar-refractivity contribution in [3.8, 4) is 5.75 Å². The van der Waals surface area contributed by atoms with E-state index in [1.54, 1.807) is 0 Å². The summed E-state index contributed by atoms with van der Waals surface area (Å²) in [6.45, 7) is 2.95. The topological polar surface area (TPSA) is 50.4 Å². The van der Waals surface area contributed by atoms with Crippen LogP contribution in [0.25, 0.3) is 10.8 Å². The summed E-state index contributed by atoms with van der Waals surface area (Å²) >= 11 is 5.30. The summed E-state index contributed by atoms with van der Waals surface area (Å²) in [5.74, 6) is 0.698. The van der Waals surface area contributed by atoms with Gasteiger partial charge in [0.05, 0.1) is 13.0 Å². The van der Waals surface area contributed by atoms with Gasteiger partial charge in [-0.25, -0.2) is 0 Å². The zero-order chi connectivity index (χ0) is 21.9. The molecule has 1 amide bonds. The second-order valence-electron chi connectivity index (χ2n) is 7.60. The summed E-state index contributed by atoms with van der Waals surface area (Å²) in [7, 11) is 0. The van der Waals surface area contributed by atoms with Crippen molar-refractivity contribution in [2.75, 3.05) is 11.9 Å². The molecule has 0 saturated heterocycles. The number of carbonyl (C=O) groups excluding carboxylic acids is 1. The minimum absolute atomic E-state index is 0.142. The smallest absolute Gasteiger partial charge is 0.230 e. The monoisotopic (exact) mass is 434 g/mol. The molecule has 0 aliphatic carbocycles. The van der Waals surface area contributed by atoms with E-state index in [1.165, 1.54) is 25.7 Å². The Balaban J connectivity index is 1.44. The van der Waals surface area contributed by atoms with Crippen LogP contribution in [0.15, 0.2) is 66.7 Å². The number of rotatable bonds is 10. The van der Waals surface area contributed by atoms with Gasteiger partial charge >= 0.3 is 0 Å². The van der Waals surface area contributed by atoms with E-state index in [9.17, 15) is 4.79 Å². The number of carbonyl (C=O) groups is 1. The molecule has 2 N–H and O–H groups in total. The van der Waals surface area contributed by atoms with Gasteiger partial charge in [0.15, 0.2) is 5.11 Å². The van der Waals surface area contributed by atoms with Crippen molar-refractivity contribution in [1.29, 1.82) is 0 Å². The molecule has 3 aromatic carbocycles. The second-order valence-corrected chi connectivity index (χ2v) is 8.01. The maximum absolute atomic E-state index is 12.5. The molecule has 3 aromatic rings. The van der Waals surface area contributed by atoms with Gasteiger partial charge in [0.25, 0.3) is 0 Å². The van der Waals surface area contributed by atoms with Crippen LogP contribution in [-0.2, 0) is 11.2 Å². The van der Waals surface area contributed by atoms with E-state index in [0.717, 1.165) is 40.8 Å². The molecule has 0 aliphatic rings. The van der Waals surface area contributed by atoms with Crippen molar-refractivity contribution in [2.24, 2.45) is 0 Å². The van der Waals surface area contributed by atoms with Crippen molar-refractivity contribution >= 4 is 39.7 Å². The molecule has 0 radical (unpaired) electrons. The van der Waals surface area contributed by atoms with Crippen molar-refractivity contribution in [3.63, 3.8) is 0 Å². The molecule has 0 fully saturated rings. The summed E-state index contributed by atoms with van der Waals surface area (Å²) in [6.07, 6.45) is 6.37. The summed E-state index contributed by atoms with van der Waals surface area (Å²) in [6, 6.07) is 21.7. The molecule has 0 unspecified atom stereocenters.